The number of aryl methyl sites for hydroxylation is 1. The predicted molar refractivity (Wildman–Crippen MR) is 89.4 cm³/mol. The summed E-state index contributed by atoms with van der Waals surface area (Å²) in [4.78, 5) is 24.4. The maximum absolute atomic E-state index is 13.0. The van der Waals surface area contributed by atoms with Gasteiger partial charge in [0.15, 0.2) is 0 Å². The molecule has 3 heterocycles. The highest BCUT2D eigenvalue weighted by atomic mass is 32.2. The van der Waals surface area contributed by atoms with Gasteiger partial charge in [-0.15, -0.1) is 11.8 Å². The fourth-order valence-corrected chi connectivity index (χ4v) is 4.08. The molecule has 122 valence electrons. The molecule has 1 unspecified atom stereocenters. The van der Waals surface area contributed by atoms with Crippen molar-refractivity contribution in [3.8, 4) is 0 Å². The highest BCUT2D eigenvalue weighted by Gasteiger charge is 2.33. The maximum atomic E-state index is 13.0. The Balaban J connectivity index is 2.02. The molecule has 1 aliphatic rings. The van der Waals surface area contributed by atoms with E-state index < -0.39 is 11.9 Å². The molecule has 1 atom stereocenters. The van der Waals surface area contributed by atoms with E-state index in [1.54, 1.807) is 11.8 Å². The number of carboxylic acids is 1. The second kappa shape index (κ2) is 5.92. The van der Waals surface area contributed by atoms with Gasteiger partial charge in [0.25, 0.3) is 0 Å². The van der Waals surface area contributed by atoms with Crippen molar-refractivity contribution >= 4 is 23.5 Å². The zero-order valence-corrected chi connectivity index (χ0v) is 14.3. The summed E-state index contributed by atoms with van der Waals surface area (Å²) in [5.41, 5.74) is 2.86. The molecule has 0 saturated carbocycles. The minimum absolute atomic E-state index is 0.0368. The van der Waals surface area contributed by atoms with Gasteiger partial charge < -0.3 is 14.2 Å². The molecule has 6 heteroatoms. The van der Waals surface area contributed by atoms with Crippen molar-refractivity contribution in [1.29, 1.82) is 0 Å². The zero-order valence-electron chi connectivity index (χ0n) is 13.5. The van der Waals surface area contributed by atoms with E-state index in [1.807, 2.05) is 41.3 Å². The number of aliphatic carboxylic acids is 1. The quantitative estimate of drug-likeness (QED) is 0.675. The Kier molecular flexibility index (Phi) is 4.10. The normalized spacial score (nSPS) is 16.6. The number of nitrogens with zero attached hydrogens (tertiary/aromatic N) is 2. The SMILES string of the molecule is CCSc1ccc(C(=O)c2c(C)cc3n2CCC3C(=O)O)n1C. The molecule has 3 rings (SSSR count). The average Bonchev–Trinajstić information content (AvgIpc) is 3.13. The summed E-state index contributed by atoms with van der Waals surface area (Å²) >= 11 is 1.70. The van der Waals surface area contributed by atoms with Gasteiger partial charge in [-0.05, 0) is 42.9 Å². The molecule has 0 amide bonds. The molecule has 1 aliphatic heterocycles. The minimum Gasteiger partial charge on any atom is -0.481 e. The first-order valence-corrected chi connectivity index (χ1v) is 8.70. The summed E-state index contributed by atoms with van der Waals surface area (Å²) in [7, 11) is 1.90. The number of aromatic nitrogens is 2. The largest absolute Gasteiger partial charge is 0.481 e. The van der Waals surface area contributed by atoms with Crippen LogP contribution in [0.1, 0.15) is 46.7 Å². The Hall–Kier alpha value is -1.95. The van der Waals surface area contributed by atoms with Gasteiger partial charge in [0.2, 0.25) is 5.78 Å². The molecule has 0 aliphatic carbocycles. The number of ketones is 1. The van der Waals surface area contributed by atoms with Crippen LogP contribution in [-0.2, 0) is 18.4 Å². The zero-order chi connectivity index (χ0) is 16.7. The van der Waals surface area contributed by atoms with E-state index in [9.17, 15) is 14.7 Å². The molecule has 0 aromatic carbocycles. The summed E-state index contributed by atoms with van der Waals surface area (Å²) in [6, 6.07) is 5.66. The van der Waals surface area contributed by atoms with Crippen LogP contribution in [0.25, 0.3) is 0 Å². The molecule has 1 N–H and O–H groups in total. The standard InChI is InChI=1S/C17H20N2O3S/c1-4-23-14-6-5-12(18(14)3)16(20)15-10(2)9-13-11(17(21)22)7-8-19(13)15/h5-6,9,11H,4,7-8H2,1-3H3,(H,21,22). The lowest BCUT2D eigenvalue weighted by Crippen LogP contribution is -2.14. The third-order valence-corrected chi connectivity index (χ3v) is 5.43. The summed E-state index contributed by atoms with van der Waals surface area (Å²) < 4.78 is 3.80. The molecule has 0 spiro atoms. The topological polar surface area (TPSA) is 64.2 Å². The number of carboxylic acid groups (broad SMARTS) is 1. The minimum atomic E-state index is -0.819. The third kappa shape index (κ3) is 2.51. The Bertz CT molecular complexity index is 788. The highest BCUT2D eigenvalue weighted by molar-refractivity contribution is 7.99. The van der Waals surface area contributed by atoms with Crippen molar-refractivity contribution in [3.05, 3.63) is 40.8 Å². The van der Waals surface area contributed by atoms with Crippen molar-refractivity contribution in [3.63, 3.8) is 0 Å². The fourth-order valence-electron chi connectivity index (χ4n) is 3.33. The molecule has 0 fully saturated rings. The third-order valence-electron chi connectivity index (χ3n) is 4.43. The number of carbonyl (C=O) groups excluding carboxylic acids is 1. The number of rotatable bonds is 5. The van der Waals surface area contributed by atoms with Gasteiger partial charge in [0.05, 0.1) is 22.3 Å². The first-order valence-electron chi connectivity index (χ1n) is 7.71. The summed E-state index contributed by atoms with van der Waals surface area (Å²) in [6.45, 7) is 4.54. The molecule has 2 aromatic heterocycles. The van der Waals surface area contributed by atoms with Gasteiger partial charge in [0, 0.05) is 19.3 Å². The van der Waals surface area contributed by atoms with E-state index in [2.05, 4.69) is 6.92 Å². The van der Waals surface area contributed by atoms with Crippen molar-refractivity contribution in [2.24, 2.45) is 7.05 Å². The highest BCUT2D eigenvalue weighted by Crippen LogP contribution is 2.34. The van der Waals surface area contributed by atoms with Crippen LogP contribution in [0, 0.1) is 6.92 Å². The Morgan fingerprint density at radius 1 is 1.39 bits per heavy atom. The molecule has 23 heavy (non-hydrogen) atoms. The first-order chi connectivity index (χ1) is 11.0. The number of thioether (sulfide) groups is 1. The van der Waals surface area contributed by atoms with Crippen LogP contribution < -0.4 is 0 Å². The van der Waals surface area contributed by atoms with Crippen LogP contribution in [0.3, 0.4) is 0 Å². The molecule has 5 nitrogen and oxygen atoms in total. The molecule has 0 radical (unpaired) electrons. The summed E-state index contributed by atoms with van der Waals surface area (Å²) in [6.07, 6.45) is 0.551. The van der Waals surface area contributed by atoms with E-state index in [1.165, 1.54) is 0 Å². The lowest BCUT2D eigenvalue weighted by atomic mass is 10.0. The van der Waals surface area contributed by atoms with Crippen molar-refractivity contribution in [1.82, 2.24) is 9.13 Å². The van der Waals surface area contributed by atoms with Crippen molar-refractivity contribution < 1.29 is 14.7 Å². The number of hydrogen-bond acceptors (Lipinski definition) is 3. The van der Waals surface area contributed by atoms with Crippen LogP contribution in [0.4, 0.5) is 0 Å². The van der Waals surface area contributed by atoms with Crippen LogP contribution in [-0.4, -0.2) is 31.7 Å². The molecule has 2 aromatic rings. The van der Waals surface area contributed by atoms with E-state index in [0.717, 1.165) is 22.0 Å². The van der Waals surface area contributed by atoms with E-state index in [0.29, 0.717) is 24.4 Å². The second-order valence-electron chi connectivity index (χ2n) is 5.81. The van der Waals surface area contributed by atoms with Gasteiger partial charge in [-0.2, -0.15) is 0 Å². The number of hydrogen-bond donors (Lipinski definition) is 1. The molecular formula is C17H20N2O3S. The lowest BCUT2D eigenvalue weighted by Gasteiger charge is -2.09. The van der Waals surface area contributed by atoms with Crippen molar-refractivity contribution in [2.45, 2.75) is 37.8 Å². The Labute approximate surface area is 139 Å². The number of fused-ring (bicyclic) bond motifs is 1. The number of carbonyl (C=O) groups is 2. The molecular weight excluding hydrogens is 312 g/mol. The predicted octanol–water partition coefficient (Wildman–Crippen LogP) is 3.05. The lowest BCUT2D eigenvalue weighted by molar-refractivity contribution is -0.138. The Morgan fingerprint density at radius 3 is 2.78 bits per heavy atom. The van der Waals surface area contributed by atoms with E-state index in [-0.39, 0.29) is 5.78 Å². The second-order valence-corrected chi connectivity index (χ2v) is 7.09. The monoisotopic (exact) mass is 332 g/mol. The van der Waals surface area contributed by atoms with E-state index in [4.69, 9.17) is 0 Å². The smallest absolute Gasteiger partial charge is 0.312 e. The average molecular weight is 332 g/mol. The maximum Gasteiger partial charge on any atom is 0.312 e. The first kappa shape index (κ1) is 15.9. The van der Waals surface area contributed by atoms with Gasteiger partial charge >= 0.3 is 5.97 Å². The molecule has 0 bridgehead atoms. The van der Waals surface area contributed by atoms with Crippen LogP contribution in [0.2, 0.25) is 0 Å². The van der Waals surface area contributed by atoms with Gasteiger partial charge in [-0.3, -0.25) is 9.59 Å². The van der Waals surface area contributed by atoms with Gasteiger partial charge in [0.1, 0.15) is 0 Å². The fraction of sp³-hybridized carbons (Fsp3) is 0.412. The van der Waals surface area contributed by atoms with Gasteiger partial charge in [-0.1, -0.05) is 6.92 Å². The summed E-state index contributed by atoms with van der Waals surface area (Å²) in [5, 5.41) is 10.4. The van der Waals surface area contributed by atoms with Crippen molar-refractivity contribution in [2.75, 3.05) is 5.75 Å². The van der Waals surface area contributed by atoms with Crippen LogP contribution in [0.15, 0.2) is 23.2 Å². The van der Waals surface area contributed by atoms with Crippen LogP contribution >= 0.6 is 11.8 Å². The van der Waals surface area contributed by atoms with E-state index >= 15 is 0 Å². The summed E-state index contributed by atoms with van der Waals surface area (Å²) in [5.74, 6) is -0.411. The van der Waals surface area contributed by atoms with Gasteiger partial charge in [-0.25, -0.2) is 0 Å². The molecule has 0 saturated heterocycles. The van der Waals surface area contributed by atoms with Crippen LogP contribution in [0.5, 0.6) is 0 Å². The Morgan fingerprint density at radius 2 is 2.13 bits per heavy atom.